The van der Waals surface area contributed by atoms with E-state index in [4.69, 9.17) is 11.6 Å². The van der Waals surface area contributed by atoms with Crippen molar-refractivity contribution in [2.24, 2.45) is 0 Å². The van der Waals surface area contributed by atoms with Gasteiger partial charge in [0.05, 0.1) is 12.0 Å². The van der Waals surface area contributed by atoms with E-state index in [9.17, 15) is 9.90 Å². The minimum Gasteiger partial charge on any atom is -0.389 e. The molecule has 3 heteroatoms. The zero-order valence-electron chi connectivity index (χ0n) is 7.33. The van der Waals surface area contributed by atoms with Gasteiger partial charge in [0.2, 0.25) is 0 Å². The standard InChI is InChI=1S/C10H11ClO2/c1-7(12)8-4-2-3-5-9(8)10(13)6-11/h2-5,7,12H,6H2,1H3. The monoisotopic (exact) mass is 198 g/mol. The van der Waals surface area contributed by atoms with Crippen molar-refractivity contribution in [3.8, 4) is 0 Å². The number of hydrogen-bond donors (Lipinski definition) is 1. The molecule has 1 atom stereocenters. The molecule has 0 saturated heterocycles. The summed E-state index contributed by atoms with van der Waals surface area (Å²) in [6.07, 6.45) is -0.636. The van der Waals surface area contributed by atoms with Crippen LogP contribution in [-0.4, -0.2) is 16.8 Å². The first kappa shape index (κ1) is 10.2. The maximum Gasteiger partial charge on any atom is 0.177 e. The molecular formula is C10H11ClO2. The summed E-state index contributed by atoms with van der Waals surface area (Å²) in [7, 11) is 0. The van der Waals surface area contributed by atoms with Gasteiger partial charge in [-0.2, -0.15) is 0 Å². The van der Waals surface area contributed by atoms with Gasteiger partial charge in [-0.25, -0.2) is 0 Å². The zero-order valence-corrected chi connectivity index (χ0v) is 8.08. The van der Waals surface area contributed by atoms with Crippen LogP contribution < -0.4 is 0 Å². The normalized spacial score (nSPS) is 12.5. The molecule has 0 amide bonds. The molecule has 1 aromatic carbocycles. The fourth-order valence-corrected chi connectivity index (χ4v) is 1.33. The molecule has 0 bridgehead atoms. The summed E-state index contributed by atoms with van der Waals surface area (Å²) < 4.78 is 0. The Hall–Kier alpha value is -0.860. The molecule has 1 rings (SSSR count). The SMILES string of the molecule is CC(O)c1ccccc1C(=O)CCl. The average molecular weight is 199 g/mol. The largest absolute Gasteiger partial charge is 0.389 e. The van der Waals surface area contributed by atoms with Gasteiger partial charge in [-0.3, -0.25) is 4.79 Å². The number of ketones is 1. The van der Waals surface area contributed by atoms with Crippen LogP contribution in [0.2, 0.25) is 0 Å². The average Bonchev–Trinajstić information content (AvgIpc) is 2.16. The second-order valence-electron chi connectivity index (χ2n) is 2.82. The van der Waals surface area contributed by atoms with Crippen LogP contribution in [0, 0.1) is 0 Å². The van der Waals surface area contributed by atoms with Crippen LogP contribution in [0.4, 0.5) is 0 Å². The molecule has 0 radical (unpaired) electrons. The van der Waals surface area contributed by atoms with Crippen molar-refractivity contribution in [1.29, 1.82) is 0 Å². The van der Waals surface area contributed by atoms with Gasteiger partial charge in [-0.1, -0.05) is 24.3 Å². The van der Waals surface area contributed by atoms with Crippen LogP contribution in [0.3, 0.4) is 0 Å². The Bertz CT molecular complexity index is 308. The van der Waals surface area contributed by atoms with Crippen LogP contribution >= 0.6 is 11.6 Å². The highest BCUT2D eigenvalue weighted by Crippen LogP contribution is 2.17. The highest BCUT2D eigenvalue weighted by atomic mass is 35.5. The van der Waals surface area contributed by atoms with Crippen LogP contribution in [0.15, 0.2) is 24.3 Å². The number of aliphatic hydroxyl groups is 1. The maximum atomic E-state index is 11.3. The number of carbonyl (C=O) groups excluding carboxylic acids is 1. The first-order valence-electron chi connectivity index (χ1n) is 4.03. The number of hydrogen-bond acceptors (Lipinski definition) is 2. The number of alkyl halides is 1. The van der Waals surface area contributed by atoms with Gasteiger partial charge in [0.1, 0.15) is 0 Å². The van der Waals surface area contributed by atoms with Crippen molar-refractivity contribution >= 4 is 17.4 Å². The van der Waals surface area contributed by atoms with Gasteiger partial charge in [-0.05, 0) is 12.5 Å². The molecule has 0 aliphatic rings. The van der Waals surface area contributed by atoms with E-state index in [0.29, 0.717) is 11.1 Å². The van der Waals surface area contributed by atoms with E-state index in [1.807, 2.05) is 0 Å². The molecule has 1 unspecified atom stereocenters. The lowest BCUT2D eigenvalue weighted by Gasteiger charge is -2.09. The lowest BCUT2D eigenvalue weighted by molar-refractivity contribution is 0.101. The third-order valence-corrected chi connectivity index (χ3v) is 2.08. The van der Waals surface area contributed by atoms with Crippen LogP contribution in [0.1, 0.15) is 28.9 Å². The van der Waals surface area contributed by atoms with Gasteiger partial charge in [0.15, 0.2) is 5.78 Å². The van der Waals surface area contributed by atoms with E-state index in [1.165, 1.54) is 0 Å². The fourth-order valence-electron chi connectivity index (χ4n) is 1.19. The van der Waals surface area contributed by atoms with Crippen molar-refractivity contribution in [3.63, 3.8) is 0 Å². The zero-order chi connectivity index (χ0) is 9.84. The number of rotatable bonds is 3. The molecule has 1 N–H and O–H groups in total. The molecule has 0 saturated carbocycles. The molecule has 0 aliphatic carbocycles. The minimum atomic E-state index is -0.636. The highest BCUT2D eigenvalue weighted by molar-refractivity contribution is 6.30. The molecule has 13 heavy (non-hydrogen) atoms. The van der Waals surface area contributed by atoms with Gasteiger partial charge in [-0.15, -0.1) is 11.6 Å². The minimum absolute atomic E-state index is 0.0519. The van der Waals surface area contributed by atoms with Crippen LogP contribution in [0.5, 0.6) is 0 Å². The summed E-state index contributed by atoms with van der Waals surface area (Å²) in [5, 5.41) is 9.35. The fraction of sp³-hybridized carbons (Fsp3) is 0.300. The quantitative estimate of drug-likeness (QED) is 0.597. The highest BCUT2D eigenvalue weighted by Gasteiger charge is 2.12. The summed E-state index contributed by atoms with van der Waals surface area (Å²) in [6, 6.07) is 6.94. The van der Waals surface area contributed by atoms with E-state index < -0.39 is 6.10 Å². The Morgan fingerprint density at radius 1 is 1.54 bits per heavy atom. The number of carbonyl (C=O) groups is 1. The van der Waals surface area contributed by atoms with Gasteiger partial charge < -0.3 is 5.11 Å². The number of aliphatic hydroxyl groups excluding tert-OH is 1. The smallest absolute Gasteiger partial charge is 0.177 e. The molecule has 0 aliphatic heterocycles. The topological polar surface area (TPSA) is 37.3 Å². The van der Waals surface area contributed by atoms with Crippen molar-refractivity contribution < 1.29 is 9.90 Å². The second-order valence-corrected chi connectivity index (χ2v) is 3.09. The summed E-state index contributed by atoms with van der Waals surface area (Å²) in [4.78, 5) is 11.3. The number of halogens is 1. The predicted octanol–water partition coefficient (Wildman–Crippen LogP) is 2.16. The second kappa shape index (κ2) is 4.40. The lowest BCUT2D eigenvalue weighted by atomic mass is 10.0. The Kier molecular flexibility index (Phi) is 3.46. The summed E-state index contributed by atoms with van der Waals surface area (Å²) in [5.74, 6) is -0.206. The van der Waals surface area contributed by atoms with Gasteiger partial charge >= 0.3 is 0 Å². The first-order chi connectivity index (χ1) is 6.16. The molecule has 0 heterocycles. The predicted molar refractivity (Wildman–Crippen MR) is 52.1 cm³/mol. The van der Waals surface area contributed by atoms with Gasteiger partial charge in [0, 0.05) is 5.56 Å². The molecule has 1 aromatic rings. The van der Waals surface area contributed by atoms with E-state index >= 15 is 0 Å². The Morgan fingerprint density at radius 2 is 2.15 bits per heavy atom. The van der Waals surface area contributed by atoms with Crippen LogP contribution in [-0.2, 0) is 0 Å². The third-order valence-electron chi connectivity index (χ3n) is 1.83. The number of benzene rings is 1. The lowest BCUT2D eigenvalue weighted by Crippen LogP contribution is -2.06. The summed E-state index contributed by atoms with van der Waals surface area (Å²) >= 11 is 5.43. The van der Waals surface area contributed by atoms with E-state index in [0.717, 1.165) is 0 Å². The Morgan fingerprint density at radius 3 is 2.69 bits per heavy atom. The Balaban J connectivity index is 3.12. The van der Waals surface area contributed by atoms with Gasteiger partial charge in [0.25, 0.3) is 0 Å². The van der Waals surface area contributed by atoms with Crippen molar-refractivity contribution in [3.05, 3.63) is 35.4 Å². The molecule has 2 nitrogen and oxygen atoms in total. The summed E-state index contributed by atoms with van der Waals surface area (Å²) in [6.45, 7) is 1.63. The maximum absolute atomic E-state index is 11.3. The van der Waals surface area contributed by atoms with Crippen LogP contribution in [0.25, 0.3) is 0 Å². The molecule has 70 valence electrons. The Labute approximate surface area is 82.2 Å². The van der Waals surface area contributed by atoms with Crippen molar-refractivity contribution in [2.75, 3.05) is 5.88 Å². The first-order valence-corrected chi connectivity index (χ1v) is 4.56. The molecule has 0 fully saturated rings. The van der Waals surface area contributed by atoms with E-state index in [1.54, 1.807) is 31.2 Å². The number of Topliss-reactive ketones (excluding diaryl/α,β-unsaturated/α-hetero) is 1. The van der Waals surface area contributed by atoms with E-state index in [-0.39, 0.29) is 11.7 Å². The summed E-state index contributed by atoms with van der Waals surface area (Å²) in [5.41, 5.74) is 1.14. The molecule has 0 spiro atoms. The van der Waals surface area contributed by atoms with Crippen molar-refractivity contribution in [1.82, 2.24) is 0 Å². The van der Waals surface area contributed by atoms with Crippen molar-refractivity contribution in [2.45, 2.75) is 13.0 Å². The van der Waals surface area contributed by atoms with E-state index in [2.05, 4.69) is 0 Å². The molecule has 0 aromatic heterocycles. The third kappa shape index (κ3) is 2.29. The molecular weight excluding hydrogens is 188 g/mol.